The summed E-state index contributed by atoms with van der Waals surface area (Å²) in [4.78, 5) is 21.5. The number of carbonyl (C=O) groups is 1. The number of piperazine rings is 1. The lowest BCUT2D eigenvalue weighted by Crippen LogP contribution is -2.50. The Morgan fingerprint density at radius 2 is 1.74 bits per heavy atom. The van der Waals surface area contributed by atoms with Gasteiger partial charge in [-0.15, -0.1) is 10.2 Å². The van der Waals surface area contributed by atoms with Gasteiger partial charge in [-0.1, -0.05) is 30.3 Å². The molecule has 3 aromatic rings. The van der Waals surface area contributed by atoms with E-state index in [2.05, 4.69) is 27.0 Å². The summed E-state index contributed by atoms with van der Waals surface area (Å²) in [6.45, 7) is 8.49. The number of carbonyl (C=O) groups excluding carboxylic acids is 1. The molecule has 0 N–H and O–H groups in total. The maximum absolute atomic E-state index is 13.1. The fourth-order valence-electron chi connectivity index (χ4n) is 3.61. The Hall–Kier alpha value is -2.42. The highest BCUT2D eigenvalue weighted by Crippen LogP contribution is 2.31. The molecule has 1 saturated heterocycles. The molecule has 2 aromatic heterocycles. The van der Waals surface area contributed by atoms with Crippen molar-refractivity contribution < 1.29 is 4.79 Å². The Morgan fingerprint density at radius 3 is 2.39 bits per heavy atom. The van der Waals surface area contributed by atoms with E-state index in [0.717, 1.165) is 44.0 Å². The third-order valence-corrected chi connectivity index (χ3v) is 6.70. The largest absolute Gasteiger partial charge is 0.339 e. The highest BCUT2D eigenvalue weighted by Gasteiger charge is 2.27. The van der Waals surface area contributed by atoms with E-state index in [-0.39, 0.29) is 11.2 Å². The third-order valence-electron chi connectivity index (χ3n) is 5.42. The van der Waals surface area contributed by atoms with Crippen molar-refractivity contribution >= 4 is 29.3 Å². The topological polar surface area (TPSA) is 67.2 Å². The van der Waals surface area contributed by atoms with Crippen molar-refractivity contribution in [3.8, 4) is 17.1 Å². The fourth-order valence-corrected chi connectivity index (χ4v) is 4.68. The van der Waals surface area contributed by atoms with Crippen LogP contribution >= 0.6 is 23.4 Å². The van der Waals surface area contributed by atoms with Gasteiger partial charge < -0.3 is 9.80 Å². The van der Waals surface area contributed by atoms with Gasteiger partial charge in [0, 0.05) is 54.8 Å². The smallest absolute Gasteiger partial charge is 0.235 e. The number of pyridine rings is 1. The van der Waals surface area contributed by atoms with E-state index < -0.39 is 0 Å². The maximum Gasteiger partial charge on any atom is 0.235 e. The summed E-state index contributed by atoms with van der Waals surface area (Å²) in [5.41, 5.74) is 1.79. The standard InChI is InChI=1S/C22H25ClN6OS/c1-3-27-12-14-28(15-13-27)21(30)16(2)31-22-26-25-20(17-8-10-24-11-9-17)29(22)19-6-4-18(23)5-7-19/h4-11,16H,3,12-15H2,1-2H3/t16-/m0/s1. The Kier molecular flexibility index (Phi) is 6.89. The highest BCUT2D eigenvalue weighted by molar-refractivity contribution is 8.00. The normalized spacial score (nSPS) is 15.8. The van der Waals surface area contributed by atoms with Crippen LogP contribution in [0.25, 0.3) is 17.1 Å². The predicted molar refractivity (Wildman–Crippen MR) is 124 cm³/mol. The third kappa shape index (κ3) is 4.92. The van der Waals surface area contributed by atoms with Crippen molar-refractivity contribution in [2.24, 2.45) is 0 Å². The lowest BCUT2D eigenvalue weighted by Gasteiger charge is -2.35. The van der Waals surface area contributed by atoms with Crippen LogP contribution in [-0.2, 0) is 4.79 Å². The van der Waals surface area contributed by atoms with Crippen LogP contribution in [0.15, 0.2) is 53.9 Å². The lowest BCUT2D eigenvalue weighted by molar-refractivity contribution is -0.132. The Labute approximate surface area is 191 Å². The molecule has 4 rings (SSSR count). The zero-order valence-corrected chi connectivity index (χ0v) is 19.2. The fraction of sp³-hybridized carbons (Fsp3) is 0.364. The molecule has 1 amide bonds. The minimum atomic E-state index is -0.270. The maximum atomic E-state index is 13.1. The molecule has 9 heteroatoms. The van der Waals surface area contributed by atoms with Gasteiger partial charge in [0.1, 0.15) is 0 Å². The van der Waals surface area contributed by atoms with Crippen molar-refractivity contribution in [2.75, 3.05) is 32.7 Å². The monoisotopic (exact) mass is 456 g/mol. The molecular weight excluding hydrogens is 432 g/mol. The quantitative estimate of drug-likeness (QED) is 0.528. The molecule has 0 spiro atoms. The van der Waals surface area contributed by atoms with Crippen LogP contribution in [0.5, 0.6) is 0 Å². The minimum Gasteiger partial charge on any atom is -0.339 e. The molecule has 0 radical (unpaired) electrons. The summed E-state index contributed by atoms with van der Waals surface area (Å²) in [5, 5.41) is 9.92. The molecule has 1 fully saturated rings. The Balaban J connectivity index is 1.60. The first-order valence-corrected chi connectivity index (χ1v) is 11.6. The van der Waals surface area contributed by atoms with Gasteiger partial charge in [0.2, 0.25) is 5.91 Å². The SMILES string of the molecule is CCN1CCN(C(=O)[C@H](C)Sc2nnc(-c3ccncc3)n2-c2ccc(Cl)cc2)CC1. The van der Waals surface area contributed by atoms with Crippen molar-refractivity contribution in [2.45, 2.75) is 24.3 Å². The first-order chi connectivity index (χ1) is 15.1. The summed E-state index contributed by atoms with van der Waals surface area (Å²) >= 11 is 7.52. The molecule has 1 aromatic carbocycles. The van der Waals surface area contributed by atoms with Crippen molar-refractivity contribution in [3.63, 3.8) is 0 Å². The second kappa shape index (κ2) is 9.80. The average molecular weight is 457 g/mol. The van der Waals surface area contributed by atoms with Crippen LogP contribution in [0.1, 0.15) is 13.8 Å². The van der Waals surface area contributed by atoms with Crippen molar-refractivity contribution in [1.82, 2.24) is 29.5 Å². The summed E-state index contributed by atoms with van der Waals surface area (Å²) in [6.07, 6.45) is 3.45. The van der Waals surface area contributed by atoms with Crippen LogP contribution in [-0.4, -0.2) is 73.4 Å². The van der Waals surface area contributed by atoms with E-state index in [1.54, 1.807) is 12.4 Å². The zero-order valence-electron chi connectivity index (χ0n) is 17.6. The van der Waals surface area contributed by atoms with E-state index in [0.29, 0.717) is 16.0 Å². The summed E-state index contributed by atoms with van der Waals surface area (Å²) in [5.74, 6) is 0.834. The summed E-state index contributed by atoms with van der Waals surface area (Å²) in [6, 6.07) is 11.3. The van der Waals surface area contributed by atoms with Gasteiger partial charge in [0.25, 0.3) is 0 Å². The Morgan fingerprint density at radius 1 is 1.06 bits per heavy atom. The van der Waals surface area contributed by atoms with E-state index in [9.17, 15) is 4.79 Å². The zero-order chi connectivity index (χ0) is 21.8. The number of aromatic nitrogens is 4. The molecule has 1 aliphatic heterocycles. The minimum absolute atomic E-state index is 0.136. The molecule has 0 aliphatic carbocycles. The van der Waals surface area contributed by atoms with Gasteiger partial charge >= 0.3 is 0 Å². The van der Waals surface area contributed by atoms with E-state index >= 15 is 0 Å². The number of halogens is 1. The highest BCUT2D eigenvalue weighted by atomic mass is 35.5. The van der Waals surface area contributed by atoms with Crippen molar-refractivity contribution in [3.05, 3.63) is 53.8 Å². The second-order valence-corrected chi connectivity index (χ2v) is 9.12. The molecule has 0 bridgehead atoms. The van der Waals surface area contributed by atoms with Gasteiger partial charge in [0.15, 0.2) is 11.0 Å². The molecule has 3 heterocycles. The first kappa shape index (κ1) is 21.8. The van der Waals surface area contributed by atoms with Crippen LogP contribution in [0.2, 0.25) is 5.02 Å². The molecule has 1 aliphatic rings. The molecule has 0 unspecified atom stereocenters. The average Bonchev–Trinajstić information content (AvgIpc) is 3.23. The number of amides is 1. The van der Waals surface area contributed by atoms with Gasteiger partial charge in [-0.2, -0.15) is 0 Å². The number of thioether (sulfide) groups is 1. The Bertz CT molecular complexity index is 1020. The number of likely N-dealkylation sites (N-methyl/N-ethyl adjacent to an activating group) is 1. The molecule has 0 saturated carbocycles. The van der Waals surface area contributed by atoms with E-state index in [1.807, 2.05) is 52.8 Å². The number of rotatable bonds is 6. The summed E-state index contributed by atoms with van der Waals surface area (Å²) < 4.78 is 1.97. The molecule has 7 nitrogen and oxygen atoms in total. The van der Waals surface area contributed by atoms with Gasteiger partial charge in [-0.25, -0.2) is 0 Å². The predicted octanol–water partition coefficient (Wildman–Crippen LogP) is 3.63. The van der Waals surface area contributed by atoms with E-state index in [1.165, 1.54) is 11.8 Å². The van der Waals surface area contributed by atoms with Crippen LogP contribution in [0, 0.1) is 0 Å². The van der Waals surface area contributed by atoms with Crippen LogP contribution in [0.3, 0.4) is 0 Å². The van der Waals surface area contributed by atoms with Crippen molar-refractivity contribution in [1.29, 1.82) is 0 Å². The number of nitrogens with zero attached hydrogens (tertiary/aromatic N) is 6. The molecule has 1 atom stereocenters. The molecular formula is C22H25ClN6OS. The van der Waals surface area contributed by atoms with Gasteiger partial charge in [-0.05, 0) is 49.9 Å². The molecule has 31 heavy (non-hydrogen) atoms. The van der Waals surface area contributed by atoms with E-state index in [4.69, 9.17) is 11.6 Å². The lowest BCUT2D eigenvalue weighted by atomic mass is 10.2. The van der Waals surface area contributed by atoms with Crippen LogP contribution in [0.4, 0.5) is 0 Å². The summed E-state index contributed by atoms with van der Waals surface area (Å²) in [7, 11) is 0. The second-order valence-electron chi connectivity index (χ2n) is 7.37. The van der Waals surface area contributed by atoms with Gasteiger partial charge in [-0.3, -0.25) is 14.3 Å². The van der Waals surface area contributed by atoms with Gasteiger partial charge in [0.05, 0.1) is 5.25 Å². The molecule has 162 valence electrons. The first-order valence-electron chi connectivity index (χ1n) is 10.4. The number of hydrogen-bond donors (Lipinski definition) is 0. The number of hydrogen-bond acceptors (Lipinski definition) is 6. The van der Waals surface area contributed by atoms with Crippen LogP contribution < -0.4 is 0 Å². The number of benzene rings is 1.